The summed E-state index contributed by atoms with van der Waals surface area (Å²) in [4.78, 5) is 8.83. The number of aryl methyl sites for hydroxylation is 4. The first-order valence-electron chi connectivity index (χ1n) is 10.1. The van der Waals surface area contributed by atoms with Crippen molar-refractivity contribution in [1.82, 2.24) is 20.2 Å². The normalized spacial score (nSPS) is 12.3. The molecule has 0 radical (unpaired) electrons. The molecule has 1 atom stereocenters. The van der Waals surface area contributed by atoms with Gasteiger partial charge in [-0.3, -0.25) is 15.1 Å². The zero-order valence-corrected chi connectivity index (χ0v) is 17.9. The summed E-state index contributed by atoms with van der Waals surface area (Å²) >= 11 is 0. The van der Waals surface area contributed by atoms with Crippen molar-refractivity contribution in [1.29, 1.82) is 0 Å². The Morgan fingerprint density at radius 1 is 1.00 bits per heavy atom. The number of fused-ring (bicyclic) bond motifs is 1. The van der Waals surface area contributed by atoms with Crippen LogP contribution < -0.4 is 10.5 Å². The summed E-state index contributed by atoms with van der Waals surface area (Å²) in [7, 11) is 0. The van der Waals surface area contributed by atoms with Crippen LogP contribution in [-0.2, 0) is 6.42 Å². The molecule has 6 heteroatoms. The smallest absolute Gasteiger partial charge is 0.138 e. The summed E-state index contributed by atoms with van der Waals surface area (Å²) in [6.07, 6.45) is 6.04. The minimum Gasteiger partial charge on any atom is -0.490 e. The molecule has 0 spiro atoms. The van der Waals surface area contributed by atoms with E-state index < -0.39 is 0 Å². The molecule has 0 aliphatic heterocycles. The second-order valence-electron chi connectivity index (χ2n) is 8.00. The van der Waals surface area contributed by atoms with Crippen molar-refractivity contribution in [3.05, 3.63) is 70.8 Å². The predicted molar refractivity (Wildman–Crippen MR) is 120 cm³/mol. The van der Waals surface area contributed by atoms with Gasteiger partial charge in [0.2, 0.25) is 0 Å². The zero-order chi connectivity index (χ0) is 21.3. The fourth-order valence-electron chi connectivity index (χ4n) is 3.89. The fraction of sp³-hybridized carbons (Fsp3) is 0.292. The Morgan fingerprint density at radius 2 is 1.77 bits per heavy atom. The average molecular weight is 402 g/mol. The third-order valence-corrected chi connectivity index (χ3v) is 5.41. The molecule has 3 heterocycles. The highest BCUT2D eigenvalue weighted by Crippen LogP contribution is 2.25. The number of H-pyrrole nitrogens is 1. The fourth-order valence-corrected chi connectivity index (χ4v) is 3.89. The second-order valence-corrected chi connectivity index (χ2v) is 8.00. The molecule has 0 saturated heterocycles. The van der Waals surface area contributed by atoms with Crippen LogP contribution in [0.1, 0.15) is 27.9 Å². The maximum absolute atomic E-state index is 6.38. The highest BCUT2D eigenvalue weighted by molar-refractivity contribution is 5.84. The molecule has 0 bridgehead atoms. The number of aromatic amines is 1. The molecule has 0 amide bonds. The van der Waals surface area contributed by atoms with E-state index in [9.17, 15) is 0 Å². The first kappa shape index (κ1) is 20.0. The van der Waals surface area contributed by atoms with Crippen molar-refractivity contribution in [2.24, 2.45) is 5.73 Å². The van der Waals surface area contributed by atoms with Gasteiger partial charge in [-0.15, -0.1) is 0 Å². The largest absolute Gasteiger partial charge is 0.490 e. The number of benzene rings is 1. The highest BCUT2D eigenvalue weighted by atomic mass is 16.5. The number of rotatable bonds is 6. The minimum absolute atomic E-state index is 0.100. The molecule has 3 aromatic heterocycles. The van der Waals surface area contributed by atoms with Gasteiger partial charge < -0.3 is 10.5 Å². The summed E-state index contributed by atoms with van der Waals surface area (Å²) in [6.45, 7) is 8.82. The number of nitrogens with two attached hydrogens (primary N) is 1. The van der Waals surface area contributed by atoms with Gasteiger partial charge >= 0.3 is 0 Å². The lowest BCUT2D eigenvalue weighted by molar-refractivity contribution is 0.286. The van der Waals surface area contributed by atoms with Crippen LogP contribution in [0, 0.1) is 27.7 Å². The predicted octanol–water partition coefficient (Wildman–Crippen LogP) is 4.20. The van der Waals surface area contributed by atoms with Crippen LogP contribution in [0.2, 0.25) is 0 Å². The van der Waals surface area contributed by atoms with E-state index in [1.807, 2.05) is 19.1 Å². The van der Waals surface area contributed by atoms with E-state index >= 15 is 0 Å². The second kappa shape index (κ2) is 8.24. The Bertz CT molecular complexity index is 1170. The van der Waals surface area contributed by atoms with E-state index in [1.165, 1.54) is 22.3 Å². The monoisotopic (exact) mass is 401 g/mol. The third-order valence-electron chi connectivity index (χ3n) is 5.41. The third kappa shape index (κ3) is 4.19. The number of nitrogens with zero attached hydrogens (tertiary/aromatic N) is 3. The van der Waals surface area contributed by atoms with Gasteiger partial charge in [-0.25, -0.2) is 0 Å². The first-order valence-corrected chi connectivity index (χ1v) is 10.1. The van der Waals surface area contributed by atoms with Gasteiger partial charge in [0.25, 0.3) is 0 Å². The molecule has 0 unspecified atom stereocenters. The Hall–Kier alpha value is -3.25. The van der Waals surface area contributed by atoms with Crippen molar-refractivity contribution in [3.8, 4) is 17.0 Å². The maximum Gasteiger partial charge on any atom is 0.138 e. The van der Waals surface area contributed by atoms with Gasteiger partial charge in [0.05, 0.1) is 18.1 Å². The van der Waals surface area contributed by atoms with Gasteiger partial charge in [0.1, 0.15) is 17.9 Å². The summed E-state index contributed by atoms with van der Waals surface area (Å²) in [5.41, 5.74) is 15.1. The van der Waals surface area contributed by atoms with Crippen LogP contribution in [0.25, 0.3) is 22.2 Å². The Balaban J connectivity index is 1.46. The van der Waals surface area contributed by atoms with E-state index in [4.69, 9.17) is 10.5 Å². The number of hydrogen-bond donors (Lipinski definition) is 2. The van der Waals surface area contributed by atoms with Crippen LogP contribution in [0.3, 0.4) is 0 Å². The lowest BCUT2D eigenvalue weighted by Gasteiger charge is -2.17. The van der Waals surface area contributed by atoms with Gasteiger partial charge in [-0.1, -0.05) is 17.7 Å². The lowest BCUT2D eigenvalue weighted by Crippen LogP contribution is -2.30. The van der Waals surface area contributed by atoms with Crippen LogP contribution in [0.15, 0.2) is 42.9 Å². The maximum atomic E-state index is 6.38. The zero-order valence-electron chi connectivity index (χ0n) is 17.9. The van der Waals surface area contributed by atoms with Crippen molar-refractivity contribution < 1.29 is 4.74 Å². The van der Waals surface area contributed by atoms with E-state index in [0.29, 0.717) is 12.4 Å². The molecule has 4 aromatic rings. The molecule has 3 N–H and O–H groups in total. The highest BCUT2D eigenvalue weighted by Gasteiger charge is 2.12. The molecule has 30 heavy (non-hydrogen) atoms. The van der Waals surface area contributed by atoms with Crippen LogP contribution in [-0.4, -0.2) is 32.8 Å². The Morgan fingerprint density at radius 3 is 2.53 bits per heavy atom. The van der Waals surface area contributed by atoms with Gasteiger partial charge in [-0.05, 0) is 62.9 Å². The minimum atomic E-state index is -0.100. The van der Waals surface area contributed by atoms with Crippen LogP contribution >= 0.6 is 0 Å². The number of pyridine rings is 2. The van der Waals surface area contributed by atoms with Gasteiger partial charge in [-0.2, -0.15) is 5.10 Å². The quantitative estimate of drug-likeness (QED) is 0.505. The molecule has 1 aromatic carbocycles. The number of nitrogens with one attached hydrogen (secondary N) is 1. The molecule has 0 saturated carbocycles. The molecule has 0 fully saturated rings. The van der Waals surface area contributed by atoms with Crippen molar-refractivity contribution in [2.75, 3.05) is 6.61 Å². The van der Waals surface area contributed by atoms with E-state index in [0.717, 1.165) is 34.3 Å². The van der Waals surface area contributed by atoms with Crippen molar-refractivity contribution in [3.63, 3.8) is 0 Å². The first-order chi connectivity index (χ1) is 14.4. The molecule has 6 nitrogen and oxygen atoms in total. The summed E-state index contributed by atoms with van der Waals surface area (Å²) in [5.74, 6) is 0.686. The standard InChI is InChI=1S/C24H27N5O/c1-14-5-15(2)21(16(3)6-14)8-19(25)13-30-20-7-18(10-26-11-20)23-9-22-17(4)28-29-24(22)12-27-23/h5-7,9-12,19H,8,13,25H2,1-4H3,(H,28,29)/t19-/m0/s1. The van der Waals surface area contributed by atoms with Crippen LogP contribution in [0.4, 0.5) is 0 Å². The van der Waals surface area contributed by atoms with Crippen molar-refractivity contribution in [2.45, 2.75) is 40.2 Å². The topological polar surface area (TPSA) is 89.7 Å². The number of ether oxygens (including phenoxy) is 1. The average Bonchev–Trinajstić information content (AvgIpc) is 3.09. The SMILES string of the molecule is Cc1cc(C)c(C[C@H](N)COc2cncc(-c3cc4c(C)[nH]nc4cn3)c2)c(C)c1. The van der Waals surface area contributed by atoms with E-state index in [2.05, 4.69) is 53.1 Å². The summed E-state index contributed by atoms with van der Waals surface area (Å²) in [6, 6.07) is 8.27. The van der Waals surface area contributed by atoms with Gasteiger partial charge in [0, 0.05) is 28.9 Å². The molecule has 4 rings (SSSR count). The summed E-state index contributed by atoms with van der Waals surface area (Å²) < 4.78 is 5.97. The molecular weight excluding hydrogens is 374 g/mol. The Kier molecular flexibility index (Phi) is 5.50. The number of aromatic nitrogens is 4. The Labute approximate surface area is 176 Å². The molecular formula is C24H27N5O. The van der Waals surface area contributed by atoms with Crippen LogP contribution in [0.5, 0.6) is 5.75 Å². The van der Waals surface area contributed by atoms with E-state index in [-0.39, 0.29) is 6.04 Å². The molecule has 0 aliphatic carbocycles. The molecule has 0 aliphatic rings. The summed E-state index contributed by atoms with van der Waals surface area (Å²) in [5, 5.41) is 8.27. The van der Waals surface area contributed by atoms with E-state index in [1.54, 1.807) is 18.6 Å². The van der Waals surface area contributed by atoms with Gasteiger partial charge in [0.15, 0.2) is 0 Å². The molecule has 154 valence electrons. The number of hydrogen-bond acceptors (Lipinski definition) is 5. The van der Waals surface area contributed by atoms with Crippen molar-refractivity contribution >= 4 is 10.9 Å². The lowest BCUT2D eigenvalue weighted by atomic mass is 9.95.